The summed E-state index contributed by atoms with van der Waals surface area (Å²) in [5.41, 5.74) is 1.33. The second-order valence-corrected chi connectivity index (χ2v) is 8.81. The highest BCUT2D eigenvalue weighted by atomic mass is 16.5. The van der Waals surface area contributed by atoms with Crippen molar-refractivity contribution in [3.8, 4) is 11.5 Å². The van der Waals surface area contributed by atoms with E-state index in [2.05, 4.69) is 10.2 Å². The number of aromatic hydroxyl groups is 1. The minimum absolute atomic E-state index is 0.0270. The first kappa shape index (κ1) is 21.7. The molecule has 6 nitrogen and oxygen atoms in total. The Morgan fingerprint density at radius 1 is 1.19 bits per heavy atom. The van der Waals surface area contributed by atoms with E-state index in [-0.39, 0.29) is 30.2 Å². The molecule has 2 aromatic carbocycles. The highest BCUT2D eigenvalue weighted by molar-refractivity contribution is 5.78. The number of piperidine rings is 1. The van der Waals surface area contributed by atoms with Gasteiger partial charge in [-0.2, -0.15) is 0 Å². The number of methoxy groups -OCH3 is 1. The van der Waals surface area contributed by atoms with Crippen LogP contribution in [-0.2, 0) is 11.3 Å². The van der Waals surface area contributed by atoms with Crippen LogP contribution in [0.2, 0.25) is 0 Å². The summed E-state index contributed by atoms with van der Waals surface area (Å²) in [6, 6.07) is 15.1. The van der Waals surface area contributed by atoms with Gasteiger partial charge in [-0.3, -0.25) is 9.69 Å². The van der Waals surface area contributed by atoms with Crippen molar-refractivity contribution in [2.45, 2.75) is 50.3 Å². The number of amides is 1. The molecule has 3 N–H and O–H groups in total. The molecule has 4 rings (SSSR count). The fraction of sp³-hybridized carbons (Fsp3) is 0.480. The molecule has 31 heavy (non-hydrogen) atoms. The summed E-state index contributed by atoms with van der Waals surface area (Å²) in [4.78, 5) is 15.0. The molecule has 0 radical (unpaired) electrons. The Balaban J connectivity index is 1.55. The first-order valence-corrected chi connectivity index (χ1v) is 11.1. The average Bonchev–Trinajstić information content (AvgIpc) is 2.79. The van der Waals surface area contributed by atoms with E-state index in [0.717, 1.165) is 36.8 Å². The van der Waals surface area contributed by atoms with E-state index < -0.39 is 5.60 Å². The third-order valence-corrected chi connectivity index (χ3v) is 6.90. The predicted molar refractivity (Wildman–Crippen MR) is 119 cm³/mol. The molecular formula is C25H32N2O4. The number of hydrogen-bond donors (Lipinski definition) is 3. The van der Waals surface area contributed by atoms with E-state index in [0.29, 0.717) is 25.3 Å². The number of hydrogen-bond acceptors (Lipinski definition) is 5. The molecule has 1 saturated heterocycles. The first-order chi connectivity index (χ1) is 15.0. The predicted octanol–water partition coefficient (Wildman–Crippen LogP) is 3.39. The Morgan fingerprint density at radius 2 is 2.00 bits per heavy atom. The molecule has 1 aliphatic heterocycles. The van der Waals surface area contributed by atoms with Gasteiger partial charge in [0.1, 0.15) is 0 Å². The summed E-state index contributed by atoms with van der Waals surface area (Å²) in [5.74, 6) is 0.524. The van der Waals surface area contributed by atoms with Crippen molar-refractivity contribution in [2.24, 2.45) is 5.92 Å². The van der Waals surface area contributed by atoms with Crippen LogP contribution in [0.15, 0.2) is 48.5 Å². The molecule has 1 aliphatic carbocycles. The molecule has 0 aromatic heterocycles. The molecule has 0 bridgehead atoms. The summed E-state index contributed by atoms with van der Waals surface area (Å²) in [6.07, 6.45) is 4.52. The number of likely N-dealkylation sites (tertiary alicyclic amines) is 1. The Bertz CT molecular complexity index is 904. The second kappa shape index (κ2) is 9.28. The molecule has 6 heteroatoms. The van der Waals surface area contributed by atoms with Crippen LogP contribution in [0.1, 0.15) is 49.3 Å². The quantitative estimate of drug-likeness (QED) is 0.662. The number of nitrogens with zero attached hydrogens (tertiary/aromatic N) is 1. The van der Waals surface area contributed by atoms with Gasteiger partial charge in [-0.15, -0.1) is 0 Å². The van der Waals surface area contributed by atoms with Gasteiger partial charge in [-0.1, -0.05) is 49.2 Å². The van der Waals surface area contributed by atoms with E-state index in [9.17, 15) is 15.0 Å². The lowest BCUT2D eigenvalue weighted by molar-refractivity contribution is -0.138. The number of phenolic OH excluding ortho intramolecular Hbond substituents is 1. The minimum Gasteiger partial charge on any atom is -0.504 e. The number of rotatable bonds is 6. The van der Waals surface area contributed by atoms with Crippen LogP contribution in [0.25, 0.3) is 0 Å². The fourth-order valence-electron chi connectivity index (χ4n) is 5.28. The number of carbonyl (C=O) groups excluding carboxylic acids is 1. The number of carbonyl (C=O) groups is 1. The summed E-state index contributed by atoms with van der Waals surface area (Å²) in [7, 11) is 1.53. The number of aliphatic hydroxyl groups is 1. The lowest BCUT2D eigenvalue weighted by Crippen LogP contribution is -2.56. The maximum absolute atomic E-state index is 12.8. The zero-order chi connectivity index (χ0) is 21.8. The molecule has 0 spiro atoms. The molecule has 166 valence electrons. The van der Waals surface area contributed by atoms with Gasteiger partial charge in [-0.25, -0.2) is 0 Å². The van der Waals surface area contributed by atoms with Crippen LogP contribution in [-0.4, -0.2) is 46.8 Å². The number of nitrogens with one attached hydrogen (secondary N) is 1. The monoisotopic (exact) mass is 424 g/mol. The molecule has 1 saturated carbocycles. The van der Waals surface area contributed by atoms with Gasteiger partial charge in [0.05, 0.1) is 19.3 Å². The normalized spacial score (nSPS) is 26.1. The standard InChI is InChI=1S/C25H32N2O4/c1-31-22-15-19(10-11-21(22)28)24-20-9-5-6-12-25(20,30)13-14-27(24)17-23(29)26-16-18-7-3-2-4-8-18/h2-4,7-8,10-11,15,20,24,28,30H,5-6,9,12-14,16-17H2,1H3,(H,26,29)/t20-,24+,25-/m1/s1. The van der Waals surface area contributed by atoms with Crippen LogP contribution < -0.4 is 10.1 Å². The van der Waals surface area contributed by atoms with Gasteiger partial charge in [0.15, 0.2) is 11.5 Å². The Hall–Kier alpha value is -2.57. The van der Waals surface area contributed by atoms with Gasteiger partial charge >= 0.3 is 0 Å². The lowest BCUT2D eigenvalue weighted by atomic mass is 9.66. The van der Waals surface area contributed by atoms with E-state index in [4.69, 9.17) is 4.74 Å². The molecule has 0 unspecified atom stereocenters. The number of fused-ring (bicyclic) bond motifs is 1. The minimum atomic E-state index is -0.703. The SMILES string of the molecule is COc1cc([C@H]2[C@H]3CCCC[C@@]3(O)CCN2CC(=O)NCc2ccccc2)ccc1O. The third-order valence-electron chi connectivity index (χ3n) is 6.90. The molecular weight excluding hydrogens is 392 g/mol. The van der Waals surface area contributed by atoms with E-state index >= 15 is 0 Å². The maximum atomic E-state index is 12.8. The average molecular weight is 425 g/mol. The molecule has 2 fully saturated rings. The second-order valence-electron chi connectivity index (χ2n) is 8.81. The summed E-state index contributed by atoms with van der Waals surface area (Å²) in [5, 5.41) is 24.5. The molecule has 2 aliphatic rings. The van der Waals surface area contributed by atoms with Gasteiger partial charge in [0, 0.05) is 25.0 Å². The fourth-order valence-corrected chi connectivity index (χ4v) is 5.28. The summed E-state index contributed by atoms with van der Waals surface area (Å²) < 4.78 is 5.33. The van der Waals surface area contributed by atoms with Gasteiger partial charge < -0.3 is 20.3 Å². The highest BCUT2D eigenvalue weighted by Crippen LogP contribution is 2.49. The van der Waals surface area contributed by atoms with Crippen molar-refractivity contribution in [3.63, 3.8) is 0 Å². The zero-order valence-electron chi connectivity index (χ0n) is 18.1. The van der Waals surface area contributed by atoms with Crippen LogP contribution >= 0.6 is 0 Å². The van der Waals surface area contributed by atoms with Crippen molar-refractivity contribution in [2.75, 3.05) is 20.2 Å². The molecule has 1 amide bonds. The molecule has 1 heterocycles. The summed E-state index contributed by atoms with van der Waals surface area (Å²) in [6.45, 7) is 1.42. The number of phenols is 1. The van der Waals surface area contributed by atoms with Crippen molar-refractivity contribution >= 4 is 5.91 Å². The number of ether oxygens (including phenoxy) is 1. The van der Waals surface area contributed by atoms with Gasteiger partial charge in [-0.05, 0) is 42.5 Å². The van der Waals surface area contributed by atoms with E-state index in [1.807, 2.05) is 42.5 Å². The molecule has 2 aromatic rings. The number of benzene rings is 2. The highest BCUT2D eigenvalue weighted by Gasteiger charge is 2.49. The smallest absolute Gasteiger partial charge is 0.234 e. The largest absolute Gasteiger partial charge is 0.504 e. The van der Waals surface area contributed by atoms with Crippen LogP contribution in [0.3, 0.4) is 0 Å². The first-order valence-electron chi connectivity index (χ1n) is 11.1. The lowest BCUT2D eigenvalue weighted by Gasteiger charge is -2.52. The Morgan fingerprint density at radius 3 is 2.77 bits per heavy atom. The Labute approximate surface area is 183 Å². The van der Waals surface area contributed by atoms with Crippen molar-refractivity contribution < 1.29 is 19.7 Å². The van der Waals surface area contributed by atoms with Gasteiger partial charge in [0.25, 0.3) is 0 Å². The van der Waals surface area contributed by atoms with Crippen LogP contribution in [0.4, 0.5) is 0 Å². The summed E-state index contributed by atoms with van der Waals surface area (Å²) >= 11 is 0. The topological polar surface area (TPSA) is 82.0 Å². The zero-order valence-corrected chi connectivity index (χ0v) is 18.1. The van der Waals surface area contributed by atoms with Crippen molar-refractivity contribution in [1.82, 2.24) is 10.2 Å². The van der Waals surface area contributed by atoms with Crippen LogP contribution in [0, 0.1) is 5.92 Å². The van der Waals surface area contributed by atoms with Crippen molar-refractivity contribution in [1.29, 1.82) is 0 Å². The van der Waals surface area contributed by atoms with E-state index in [1.165, 1.54) is 7.11 Å². The third kappa shape index (κ3) is 4.70. The Kier molecular flexibility index (Phi) is 6.49. The van der Waals surface area contributed by atoms with Crippen molar-refractivity contribution in [3.05, 3.63) is 59.7 Å². The molecule has 3 atom stereocenters. The maximum Gasteiger partial charge on any atom is 0.234 e. The van der Waals surface area contributed by atoms with Gasteiger partial charge in [0.2, 0.25) is 5.91 Å². The van der Waals surface area contributed by atoms with Crippen LogP contribution in [0.5, 0.6) is 11.5 Å². The van der Waals surface area contributed by atoms with E-state index in [1.54, 1.807) is 6.07 Å².